The molecule has 0 saturated carbocycles. The molecule has 0 saturated heterocycles. The standard InChI is InChI=1S/C12H10ClNO3/c1-8(15)14-6-2-3-9-7-10(12(16)17)4-5-11(9)13/h4-5,7H,6H2,1H3,(H,14,15)(H,16,17). The Bertz CT molecular complexity index is 514. The van der Waals surface area contributed by atoms with Gasteiger partial charge in [0.2, 0.25) is 5.91 Å². The number of halogens is 1. The summed E-state index contributed by atoms with van der Waals surface area (Å²) in [6.45, 7) is 1.59. The number of nitrogens with one attached hydrogen (secondary N) is 1. The summed E-state index contributed by atoms with van der Waals surface area (Å²) in [7, 11) is 0. The van der Waals surface area contributed by atoms with E-state index in [1.54, 1.807) is 0 Å². The van der Waals surface area contributed by atoms with Crippen LogP contribution in [0.4, 0.5) is 0 Å². The van der Waals surface area contributed by atoms with Crippen molar-refractivity contribution in [1.82, 2.24) is 5.32 Å². The first-order chi connectivity index (χ1) is 8.00. The highest BCUT2D eigenvalue weighted by atomic mass is 35.5. The van der Waals surface area contributed by atoms with E-state index in [1.165, 1.54) is 25.1 Å². The van der Waals surface area contributed by atoms with Crippen molar-refractivity contribution in [2.24, 2.45) is 0 Å². The summed E-state index contributed by atoms with van der Waals surface area (Å²) in [6, 6.07) is 4.28. The number of hydrogen-bond acceptors (Lipinski definition) is 2. The Hall–Kier alpha value is -1.99. The van der Waals surface area contributed by atoms with Crippen LogP contribution in [0.5, 0.6) is 0 Å². The second-order valence-electron chi connectivity index (χ2n) is 3.21. The van der Waals surface area contributed by atoms with E-state index < -0.39 is 5.97 Å². The molecule has 4 nitrogen and oxygen atoms in total. The molecule has 88 valence electrons. The number of carboxylic acids is 1. The van der Waals surface area contributed by atoms with Gasteiger partial charge in [-0.1, -0.05) is 23.4 Å². The Kier molecular flexibility index (Phi) is 4.56. The highest BCUT2D eigenvalue weighted by molar-refractivity contribution is 6.31. The van der Waals surface area contributed by atoms with Crippen molar-refractivity contribution in [3.63, 3.8) is 0 Å². The third-order valence-electron chi connectivity index (χ3n) is 1.86. The van der Waals surface area contributed by atoms with Crippen LogP contribution in [0, 0.1) is 11.8 Å². The molecule has 2 N–H and O–H groups in total. The maximum absolute atomic E-state index is 10.7. The Morgan fingerprint density at radius 3 is 2.76 bits per heavy atom. The fraction of sp³-hybridized carbons (Fsp3) is 0.167. The minimum absolute atomic E-state index is 0.123. The van der Waals surface area contributed by atoms with Gasteiger partial charge in [-0.25, -0.2) is 4.79 Å². The van der Waals surface area contributed by atoms with Crippen LogP contribution in [-0.2, 0) is 4.79 Å². The topological polar surface area (TPSA) is 66.4 Å². The second-order valence-corrected chi connectivity index (χ2v) is 3.62. The Labute approximate surface area is 104 Å². The SMILES string of the molecule is CC(=O)NCC#Cc1cc(C(=O)O)ccc1Cl. The van der Waals surface area contributed by atoms with Crippen molar-refractivity contribution >= 4 is 23.5 Å². The molecule has 1 rings (SSSR count). The van der Waals surface area contributed by atoms with E-state index in [0.29, 0.717) is 10.6 Å². The molecule has 0 radical (unpaired) electrons. The number of carbonyl (C=O) groups is 2. The fourth-order valence-electron chi connectivity index (χ4n) is 1.06. The third kappa shape index (κ3) is 4.17. The van der Waals surface area contributed by atoms with Gasteiger partial charge in [-0.3, -0.25) is 4.79 Å². The number of amides is 1. The second kappa shape index (κ2) is 5.92. The van der Waals surface area contributed by atoms with Crippen LogP contribution >= 0.6 is 11.6 Å². The first kappa shape index (κ1) is 13.1. The van der Waals surface area contributed by atoms with E-state index in [9.17, 15) is 9.59 Å². The fourth-order valence-corrected chi connectivity index (χ4v) is 1.23. The normalized spacial score (nSPS) is 9.06. The van der Waals surface area contributed by atoms with Crippen molar-refractivity contribution in [1.29, 1.82) is 0 Å². The molecule has 1 aromatic rings. The van der Waals surface area contributed by atoms with E-state index in [4.69, 9.17) is 16.7 Å². The molecule has 0 bridgehead atoms. The monoisotopic (exact) mass is 251 g/mol. The molecule has 0 spiro atoms. The molecule has 0 heterocycles. The van der Waals surface area contributed by atoms with Gasteiger partial charge in [0.05, 0.1) is 17.1 Å². The zero-order chi connectivity index (χ0) is 12.8. The molecule has 1 amide bonds. The van der Waals surface area contributed by atoms with E-state index in [-0.39, 0.29) is 18.0 Å². The van der Waals surface area contributed by atoms with Crippen LogP contribution in [0.1, 0.15) is 22.8 Å². The molecule has 5 heteroatoms. The van der Waals surface area contributed by atoms with Gasteiger partial charge in [-0.05, 0) is 18.2 Å². The number of benzene rings is 1. The molecule has 0 atom stereocenters. The summed E-state index contributed by atoms with van der Waals surface area (Å²) in [5, 5.41) is 11.7. The van der Waals surface area contributed by atoms with Crippen LogP contribution in [0.15, 0.2) is 18.2 Å². The summed E-state index contributed by atoms with van der Waals surface area (Å²) < 4.78 is 0. The van der Waals surface area contributed by atoms with Gasteiger partial charge in [0.25, 0.3) is 0 Å². The van der Waals surface area contributed by atoms with Crippen LogP contribution < -0.4 is 5.32 Å². The number of hydrogen-bond donors (Lipinski definition) is 2. The summed E-state index contributed by atoms with van der Waals surface area (Å²) in [5.41, 5.74) is 0.551. The molecule has 1 aromatic carbocycles. The smallest absolute Gasteiger partial charge is 0.335 e. The van der Waals surface area contributed by atoms with Crippen LogP contribution in [-0.4, -0.2) is 23.5 Å². The molecule has 0 aromatic heterocycles. The minimum atomic E-state index is -1.04. The Morgan fingerprint density at radius 1 is 1.47 bits per heavy atom. The van der Waals surface area contributed by atoms with Crippen molar-refractivity contribution in [2.75, 3.05) is 6.54 Å². The third-order valence-corrected chi connectivity index (χ3v) is 2.19. The molecule has 0 aliphatic heterocycles. The number of rotatable bonds is 2. The first-order valence-electron chi connectivity index (χ1n) is 4.77. The Morgan fingerprint density at radius 2 is 2.18 bits per heavy atom. The lowest BCUT2D eigenvalue weighted by Crippen LogP contribution is -2.19. The minimum Gasteiger partial charge on any atom is -0.478 e. The zero-order valence-corrected chi connectivity index (χ0v) is 9.84. The largest absolute Gasteiger partial charge is 0.478 e. The van der Waals surface area contributed by atoms with Gasteiger partial charge in [0.1, 0.15) is 0 Å². The molecule has 0 aliphatic carbocycles. The Balaban J connectivity index is 2.86. The molecular weight excluding hydrogens is 242 g/mol. The predicted molar refractivity (Wildman–Crippen MR) is 64.0 cm³/mol. The van der Waals surface area contributed by atoms with Crippen LogP contribution in [0.25, 0.3) is 0 Å². The average molecular weight is 252 g/mol. The molecule has 0 fully saturated rings. The van der Waals surface area contributed by atoms with Gasteiger partial charge in [-0.15, -0.1) is 0 Å². The number of aromatic carboxylic acids is 1. The van der Waals surface area contributed by atoms with Crippen molar-refractivity contribution in [3.05, 3.63) is 34.3 Å². The lowest BCUT2D eigenvalue weighted by atomic mass is 10.1. The van der Waals surface area contributed by atoms with E-state index in [1.807, 2.05) is 0 Å². The highest BCUT2D eigenvalue weighted by Gasteiger charge is 2.05. The lowest BCUT2D eigenvalue weighted by Gasteiger charge is -1.98. The van der Waals surface area contributed by atoms with Crippen molar-refractivity contribution < 1.29 is 14.7 Å². The maximum atomic E-state index is 10.7. The van der Waals surface area contributed by atoms with Gasteiger partial charge in [0.15, 0.2) is 0 Å². The van der Waals surface area contributed by atoms with Crippen molar-refractivity contribution in [2.45, 2.75) is 6.92 Å². The molecule has 17 heavy (non-hydrogen) atoms. The van der Waals surface area contributed by atoms with E-state index in [0.717, 1.165) is 0 Å². The van der Waals surface area contributed by atoms with E-state index >= 15 is 0 Å². The van der Waals surface area contributed by atoms with Crippen molar-refractivity contribution in [3.8, 4) is 11.8 Å². The zero-order valence-electron chi connectivity index (χ0n) is 9.08. The molecule has 0 unspecified atom stereocenters. The lowest BCUT2D eigenvalue weighted by molar-refractivity contribution is -0.118. The number of carboxylic acid groups (broad SMARTS) is 1. The summed E-state index contributed by atoms with van der Waals surface area (Å²) in [6.07, 6.45) is 0. The first-order valence-corrected chi connectivity index (χ1v) is 5.14. The quantitative estimate of drug-likeness (QED) is 0.784. The number of carbonyl (C=O) groups excluding carboxylic acids is 1. The predicted octanol–water partition coefficient (Wildman–Crippen LogP) is 1.53. The summed E-state index contributed by atoms with van der Waals surface area (Å²) in [4.78, 5) is 21.3. The maximum Gasteiger partial charge on any atom is 0.335 e. The van der Waals surface area contributed by atoms with Gasteiger partial charge >= 0.3 is 5.97 Å². The molecular formula is C12H10ClNO3. The van der Waals surface area contributed by atoms with Crippen LogP contribution in [0.2, 0.25) is 5.02 Å². The molecule has 0 aliphatic rings. The van der Waals surface area contributed by atoms with Gasteiger partial charge in [0, 0.05) is 12.5 Å². The van der Waals surface area contributed by atoms with Gasteiger partial charge < -0.3 is 10.4 Å². The van der Waals surface area contributed by atoms with Crippen LogP contribution in [0.3, 0.4) is 0 Å². The summed E-state index contributed by atoms with van der Waals surface area (Å²) >= 11 is 5.86. The van der Waals surface area contributed by atoms with Gasteiger partial charge in [-0.2, -0.15) is 0 Å². The van der Waals surface area contributed by atoms with E-state index in [2.05, 4.69) is 17.2 Å². The average Bonchev–Trinajstić information content (AvgIpc) is 2.25. The highest BCUT2D eigenvalue weighted by Crippen LogP contribution is 2.16. The summed E-state index contributed by atoms with van der Waals surface area (Å²) in [5.74, 6) is 4.17.